The molecule has 12 heteroatoms. The number of aromatic nitrogens is 1. The van der Waals surface area contributed by atoms with Crippen molar-refractivity contribution >= 4 is 5.91 Å². The van der Waals surface area contributed by atoms with Crippen molar-refractivity contribution in [2.75, 3.05) is 19.7 Å². The van der Waals surface area contributed by atoms with Crippen molar-refractivity contribution in [2.45, 2.75) is 44.5 Å². The number of likely N-dealkylation sites (tertiary alicyclic amines) is 1. The van der Waals surface area contributed by atoms with E-state index in [9.17, 15) is 31.1 Å². The van der Waals surface area contributed by atoms with Gasteiger partial charge in [-0.3, -0.25) is 4.79 Å². The predicted octanol–water partition coefficient (Wildman–Crippen LogP) is 6.63. The van der Waals surface area contributed by atoms with E-state index in [1.807, 2.05) is 31.2 Å². The number of amides is 1. The lowest BCUT2D eigenvalue weighted by molar-refractivity contribution is -0.217. The minimum Gasteiger partial charge on any atom is -0.364 e. The van der Waals surface area contributed by atoms with Crippen LogP contribution in [0.3, 0.4) is 0 Å². The number of carbonyl (C=O) groups excluding carboxylic acids is 1. The molecule has 6 nitrogen and oxygen atoms in total. The largest absolute Gasteiger partial charge is 0.416 e. The van der Waals surface area contributed by atoms with Crippen LogP contribution in [0.1, 0.15) is 57.3 Å². The molecule has 214 valence electrons. The van der Waals surface area contributed by atoms with Crippen molar-refractivity contribution in [1.82, 2.24) is 10.1 Å². The van der Waals surface area contributed by atoms with Crippen LogP contribution in [0.4, 0.5) is 26.3 Å². The first kappa shape index (κ1) is 28.2. The lowest BCUT2D eigenvalue weighted by Crippen LogP contribution is -2.42. The van der Waals surface area contributed by atoms with Gasteiger partial charge in [-0.05, 0) is 54.7 Å². The highest BCUT2D eigenvalue weighted by molar-refractivity contribution is 5.92. The first-order valence-electron chi connectivity index (χ1n) is 12.6. The molecule has 1 amide bonds. The molecule has 0 saturated carbocycles. The molecule has 2 aromatic carbocycles. The predicted molar refractivity (Wildman–Crippen MR) is 129 cm³/mol. The second kappa shape index (κ2) is 10.5. The van der Waals surface area contributed by atoms with Gasteiger partial charge in [-0.15, -0.1) is 0 Å². The van der Waals surface area contributed by atoms with Crippen molar-refractivity contribution in [3.8, 4) is 0 Å². The second-order valence-electron chi connectivity index (χ2n) is 10.2. The zero-order chi connectivity index (χ0) is 28.8. The fraction of sp³-hybridized carbons (Fsp3) is 0.429. The van der Waals surface area contributed by atoms with Gasteiger partial charge in [-0.25, -0.2) is 0 Å². The number of hydrogen-bond acceptors (Lipinski definition) is 5. The monoisotopic (exact) mass is 568 g/mol. The third kappa shape index (κ3) is 5.60. The third-order valence-electron chi connectivity index (χ3n) is 7.63. The summed E-state index contributed by atoms with van der Waals surface area (Å²) in [6, 6.07) is 10.4. The lowest BCUT2D eigenvalue weighted by Gasteiger charge is -2.41. The number of rotatable bonds is 5. The van der Waals surface area contributed by atoms with Crippen molar-refractivity contribution in [3.05, 3.63) is 88.3 Å². The van der Waals surface area contributed by atoms with Gasteiger partial charge in [0.25, 0.3) is 5.91 Å². The highest BCUT2D eigenvalue weighted by Crippen LogP contribution is 2.46. The zero-order valence-corrected chi connectivity index (χ0v) is 21.5. The van der Waals surface area contributed by atoms with E-state index >= 15 is 0 Å². The summed E-state index contributed by atoms with van der Waals surface area (Å²) in [6.45, 7) is 4.23. The molecule has 0 bridgehead atoms. The van der Waals surface area contributed by atoms with Crippen LogP contribution in [0, 0.1) is 18.8 Å². The molecule has 3 heterocycles. The van der Waals surface area contributed by atoms with Crippen LogP contribution in [-0.2, 0) is 21.8 Å². The van der Waals surface area contributed by atoms with Gasteiger partial charge < -0.3 is 18.9 Å². The summed E-state index contributed by atoms with van der Waals surface area (Å²) in [5.41, 5.74) is -1.15. The molecule has 3 aromatic rings. The number of carbonyl (C=O) groups is 1. The van der Waals surface area contributed by atoms with E-state index in [1.165, 1.54) is 19.3 Å². The van der Waals surface area contributed by atoms with Crippen LogP contribution in [0.15, 0.2) is 59.3 Å². The Balaban J connectivity index is 1.46. The standard InChI is InChI=1S/C28H26F6N2O4/c1-15-5-3-4-6-21(15)24-22-13-36(25(37)23-7-8-39-35-23)12-18(22)14-38-26(24)40-16(2)17-9-19(27(29,30)31)11-20(10-17)28(32,33)34/h3-11,16,18,22,24,26H,12-14H2,1-2H3/t16-,18+,22?,24+,26-/m1/s1. The summed E-state index contributed by atoms with van der Waals surface area (Å²) in [6.07, 6.45) is -10.8. The summed E-state index contributed by atoms with van der Waals surface area (Å²) in [5.74, 6) is -0.956. The maximum atomic E-state index is 13.5. The Labute approximate surface area is 225 Å². The van der Waals surface area contributed by atoms with Gasteiger partial charge in [0, 0.05) is 31.0 Å². The maximum absolute atomic E-state index is 13.5. The second-order valence-corrected chi connectivity index (χ2v) is 10.2. The van der Waals surface area contributed by atoms with E-state index in [0.717, 1.165) is 11.1 Å². The molecule has 0 aliphatic carbocycles. The van der Waals surface area contributed by atoms with Gasteiger partial charge in [-0.2, -0.15) is 26.3 Å². The molecule has 0 radical (unpaired) electrons. The summed E-state index contributed by atoms with van der Waals surface area (Å²) in [7, 11) is 0. The van der Waals surface area contributed by atoms with Crippen molar-refractivity contribution in [2.24, 2.45) is 11.8 Å². The molecule has 0 spiro atoms. The van der Waals surface area contributed by atoms with E-state index in [4.69, 9.17) is 14.0 Å². The van der Waals surface area contributed by atoms with Crippen LogP contribution in [0.2, 0.25) is 0 Å². The molecule has 40 heavy (non-hydrogen) atoms. The number of alkyl halides is 6. The lowest BCUT2D eigenvalue weighted by atomic mass is 9.76. The van der Waals surface area contributed by atoms with Gasteiger partial charge in [0.1, 0.15) is 6.26 Å². The number of halogens is 6. The summed E-state index contributed by atoms with van der Waals surface area (Å²) < 4.78 is 97.8. The molecule has 2 fully saturated rings. The molecule has 1 aromatic heterocycles. The van der Waals surface area contributed by atoms with Crippen LogP contribution in [0.25, 0.3) is 0 Å². The van der Waals surface area contributed by atoms with E-state index in [2.05, 4.69) is 5.16 Å². The van der Waals surface area contributed by atoms with Gasteiger partial charge >= 0.3 is 12.4 Å². The fourth-order valence-electron chi connectivity index (χ4n) is 5.61. The number of hydrogen-bond donors (Lipinski definition) is 0. The molecule has 2 saturated heterocycles. The Morgan fingerprint density at radius 3 is 2.30 bits per heavy atom. The molecular weight excluding hydrogens is 542 g/mol. The normalized spacial score (nSPS) is 24.1. The molecular formula is C28H26F6N2O4. The van der Waals surface area contributed by atoms with E-state index in [0.29, 0.717) is 25.2 Å². The Morgan fingerprint density at radius 2 is 1.70 bits per heavy atom. The van der Waals surface area contributed by atoms with Crippen LogP contribution in [-0.4, -0.2) is 42.0 Å². The van der Waals surface area contributed by atoms with E-state index in [1.54, 1.807) is 4.90 Å². The topological polar surface area (TPSA) is 64.8 Å². The van der Waals surface area contributed by atoms with Crippen LogP contribution in [0.5, 0.6) is 0 Å². The number of aryl methyl sites for hydroxylation is 1. The molecule has 2 aliphatic heterocycles. The third-order valence-corrected chi connectivity index (χ3v) is 7.63. The van der Waals surface area contributed by atoms with Gasteiger partial charge in [0.15, 0.2) is 12.0 Å². The maximum Gasteiger partial charge on any atom is 0.416 e. The molecule has 5 atom stereocenters. The molecule has 2 aliphatic rings. The minimum absolute atomic E-state index is 0.0685. The van der Waals surface area contributed by atoms with Crippen LogP contribution < -0.4 is 0 Å². The van der Waals surface area contributed by atoms with Gasteiger partial charge in [0.2, 0.25) is 0 Å². The number of fused-ring (bicyclic) bond motifs is 1. The fourth-order valence-corrected chi connectivity index (χ4v) is 5.61. The number of ether oxygens (including phenoxy) is 2. The Bertz CT molecular complexity index is 1330. The highest BCUT2D eigenvalue weighted by Gasteiger charge is 2.49. The number of benzene rings is 2. The first-order valence-corrected chi connectivity index (χ1v) is 12.6. The Morgan fingerprint density at radius 1 is 1.02 bits per heavy atom. The average Bonchev–Trinajstić information content (AvgIpc) is 3.58. The van der Waals surface area contributed by atoms with Crippen molar-refractivity contribution in [1.29, 1.82) is 0 Å². The average molecular weight is 569 g/mol. The van der Waals surface area contributed by atoms with Crippen molar-refractivity contribution < 1.29 is 45.1 Å². The SMILES string of the molecule is Cc1ccccc1[C@H]1C2CN(C(=O)c3ccon3)C[C@H]2CO[C@@H]1O[C@H](C)c1cc(C(F)(F)F)cc(C(F)(F)F)c1. The summed E-state index contributed by atoms with van der Waals surface area (Å²) in [5, 5.41) is 3.72. The smallest absolute Gasteiger partial charge is 0.364 e. The Kier molecular flexibility index (Phi) is 7.43. The summed E-state index contributed by atoms with van der Waals surface area (Å²) >= 11 is 0. The minimum atomic E-state index is -4.97. The molecule has 0 N–H and O–H groups in total. The van der Waals surface area contributed by atoms with Gasteiger partial charge in [0.05, 0.1) is 23.8 Å². The molecule has 5 rings (SSSR count). The quantitative estimate of drug-likeness (QED) is 0.324. The van der Waals surface area contributed by atoms with E-state index in [-0.39, 0.29) is 41.7 Å². The highest BCUT2D eigenvalue weighted by atomic mass is 19.4. The van der Waals surface area contributed by atoms with E-state index < -0.39 is 41.8 Å². The first-order chi connectivity index (χ1) is 18.8. The van der Waals surface area contributed by atoms with Crippen LogP contribution >= 0.6 is 0 Å². The zero-order valence-electron chi connectivity index (χ0n) is 21.5. The molecule has 1 unspecified atom stereocenters. The van der Waals surface area contributed by atoms with Gasteiger partial charge in [-0.1, -0.05) is 29.4 Å². The summed E-state index contributed by atoms with van der Waals surface area (Å²) in [4.78, 5) is 14.6. The van der Waals surface area contributed by atoms with Crippen molar-refractivity contribution in [3.63, 3.8) is 0 Å². The Hall–Kier alpha value is -3.38. The number of nitrogens with zero attached hydrogens (tertiary/aromatic N) is 2.